The second-order valence-corrected chi connectivity index (χ2v) is 16.8. The van der Waals surface area contributed by atoms with Crippen LogP contribution >= 0.6 is 0 Å². The highest BCUT2D eigenvalue weighted by Gasteiger charge is 2.74. The van der Waals surface area contributed by atoms with E-state index in [4.69, 9.17) is 23.7 Å². The van der Waals surface area contributed by atoms with Crippen LogP contribution < -0.4 is 20.3 Å². The number of fused-ring (bicyclic) bond motifs is 3. The van der Waals surface area contributed by atoms with Crippen LogP contribution in [0, 0.1) is 23.7 Å². The second-order valence-electron chi connectivity index (χ2n) is 16.8. The van der Waals surface area contributed by atoms with Crippen LogP contribution in [0.4, 0.5) is 17.1 Å². The average Bonchev–Trinajstić information content (AvgIpc) is 3.86. The number of anilines is 3. The topological polar surface area (TPSA) is 182 Å². The van der Waals surface area contributed by atoms with Gasteiger partial charge in [-0.3, -0.25) is 28.9 Å². The predicted molar refractivity (Wildman–Crippen MR) is 249 cm³/mol. The van der Waals surface area contributed by atoms with Crippen molar-refractivity contribution >= 4 is 46.8 Å². The molecule has 4 heterocycles. The van der Waals surface area contributed by atoms with Gasteiger partial charge in [0.05, 0.1) is 52.0 Å². The quantitative estimate of drug-likeness (QED) is 0.0618. The van der Waals surface area contributed by atoms with Gasteiger partial charge in [-0.2, -0.15) is 0 Å². The summed E-state index contributed by atoms with van der Waals surface area (Å²) in [4.78, 5) is 76.0. The number of nitrogens with one attached hydrogen (secondary N) is 2. The van der Waals surface area contributed by atoms with E-state index < -0.39 is 71.2 Å². The van der Waals surface area contributed by atoms with E-state index in [1.165, 1.54) is 14.2 Å². The van der Waals surface area contributed by atoms with Gasteiger partial charge in [0, 0.05) is 47.7 Å². The zero-order chi connectivity index (χ0) is 47.4. The number of rotatable bonds is 12. The van der Waals surface area contributed by atoms with E-state index in [0.717, 1.165) is 11.3 Å². The van der Waals surface area contributed by atoms with Crippen LogP contribution in [0.5, 0.6) is 5.75 Å². The zero-order valence-corrected chi connectivity index (χ0v) is 37.5. The van der Waals surface area contributed by atoms with E-state index in [1.807, 2.05) is 83.8 Å². The number of aliphatic hydroxyl groups is 1. The minimum absolute atomic E-state index is 0.0814. The van der Waals surface area contributed by atoms with Gasteiger partial charge in [-0.25, -0.2) is 0 Å². The lowest BCUT2D eigenvalue weighted by molar-refractivity contribution is -0.178. The molecule has 9 rings (SSSR count). The second kappa shape index (κ2) is 19.8. The molecule has 0 bridgehead atoms. The number of morpholine rings is 2. The lowest BCUT2D eigenvalue weighted by Crippen LogP contribution is -2.53. The number of para-hydroxylation sites is 1. The summed E-state index contributed by atoms with van der Waals surface area (Å²) in [6.07, 6.45) is -1.13. The van der Waals surface area contributed by atoms with E-state index in [0.29, 0.717) is 65.7 Å². The minimum atomic E-state index is -1.90. The number of amides is 2. The molecule has 0 saturated carbocycles. The van der Waals surface area contributed by atoms with Crippen molar-refractivity contribution in [3.63, 3.8) is 0 Å². The monoisotopic (exact) mass is 918 g/mol. The third-order valence-corrected chi connectivity index (χ3v) is 13.2. The van der Waals surface area contributed by atoms with Crippen molar-refractivity contribution in [1.29, 1.82) is 0 Å². The minimum Gasteiger partial charge on any atom is -0.491 e. The molecule has 6 atom stereocenters. The first-order valence-corrected chi connectivity index (χ1v) is 22.4. The number of hydrogen-bond donors (Lipinski definition) is 3. The molecule has 4 aliphatic rings. The van der Waals surface area contributed by atoms with Crippen molar-refractivity contribution in [3.8, 4) is 17.6 Å². The summed E-state index contributed by atoms with van der Waals surface area (Å²) in [5.74, 6) is 0.0553. The zero-order valence-electron chi connectivity index (χ0n) is 37.5. The van der Waals surface area contributed by atoms with Crippen LogP contribution in [0.1, 0.15) is 52.4 Å². The summed E-state index contributed by atoms with van der Waals surface area (Å²) in [5, 5.41) is 16.2. The fourth-order valence-corrected chi connectivity index (χ4v) is 10.2. The number of hydrogen-bond acceptors (Lipinski definition) is 13. The molecule has 3 saturated heterocycles. The van der Waals surface area contributed by atoms with Gasteiger partial charge in [-0.05, 0) is 65.2 Å². The van der Waals surface area contributed by atoms with Crippen molar-refractivity contribution in [1.82, 2.24) is 4.90 Å². The summed E-state index contributed by atoms with van der Waals surface area (Å²) in [5.41, 5.74) is 2.60. The van der Waals surface area contributed by atoms with E-state index in [1.54, 1.807) is 48.5 Å². The highest BCUT2D eigenvalue weighted by atomic mass is 16.6. The number of aliphatic hydroxyl groups excluding tert-OH is 1. The standard InChI is InChI=1S/C53H50N4O11/c1-64-49(60)39(50(61)65-2)18-11-12-33-20-25-41-40(32-33)53(52(63)55-41)43(48(59)54-36-21-23-37(24-22-36)56-26-29-66-30-27-56)45-51(62)68-46(35-15-7-4-8-16-35)44(34-13-5-3-6-14-34)57(45)47(53)38-17-9-10-19-42(38)67-31-28-58/h3-10,13-17,19-25,32,39,43-47,58H,18,26-31H2,1-2H3,(H,54,59)(H,55,63)/t43-,44-,45-,46+,47+,53-/m1/s1. The molecular formula is C53H50N4O11. The Morgan fingerprint density at radius 1 is 0.838 bits per heavy atom. The van der Waals surface area contributed by atoms with Gasteiger partial charge in [-0.15, -0.1) is 0 Å². The van der Waals surface area contributed by atoms with E-state index in [2.05, 4.69) is 27.4 Å². The van der Waals surface area contributed by atoms with Crippen LogP contribution in [-0.2, 0) is 48.3 Å². The third-order valence-electron chi connectivity index (χ3n) is 13.2. The van der Waals surface area contributed by atoms with E-state index >= 15 is 14.4 Å². The number of methoxy groups -OCH3 is 2. The first-order chi connectivity index (χ1) is 33.2. The molecule has 1 spiro atoms. The molecule has 68 heavy (non-hydrogen) atoms. The maximum atomic E-state index is 15.7. The number of ether oxygens (including phenoxy) is 5. The fraction of sp³-hybridized carbons (Fsp3) is 0.302. The molecule has 0 unspecified atom stereocenters. The largest absolute Gasteiger partial charge is 0.491 e. The maximum absolute atomic E-state index is 15.7. The molecular weight excluding hydrogens is 869 g/mol. The van der Waals surface area contributed by atoms with Gasteiger partial charge in [-0.1, -0.05) is 90.7 Å². The van der Waals surface area contributed by atoms with Gasteiger partial charge in [0.2, 0.25) is 11.8 Å². The molecule has 0 radical (unpaired) electrons. The number of nitrogens with zero attached hydrogens (tertiary/aromatic N) is 2. The number of cyclic esters (lactones) is 1. The van der Waals surface area contributed by atoms with E-state index in [-0.39, 0.29) is 19.6 Å². The fourth-order valence-electron chi connectivity index (χ4n) is 10.2. The molecule has 15 nitrogen and oxygen atoms in total. The molecule has 15 heteroatoms. The normalized spacial score (nSPS) is 22.8. The van der Waals surface area contributed by atoms with E-state index in [9.17, 15) is 14.7 Å². The Balaban J connectivity index is 1.27. The summed E-state index contributed by atoms with van der Waals surface area (Å²) in [7, 11) is 2.34. The van der Waals surface area contributed by atoms with Gasteiger partial charge in [0.25, 0.3) is 0 Å². The molecule has 3 N–H and O–H groups in total. The Bertz CT molecular complexity index is 2740. The summed E-state index contributed by atoms with van der Waals surface area (Å²) in [6.45, 7) is 2.23. The molecule has 348 valence electrons. The van der Waals surface area contributed by atoms with Gasteiger partial charge in [0.15, 0.2) is 5.92 Å². The predicted octanol–water partition coefficient (Wildman–Crippen LogP) is 5.51. The summed E-state index contributed by atoms with van der Waals surface area (Å²) >= 11 is 0. The molecule has 5 aromatic rings. The first kappa shape index (κ1) is 45.6. The number of esters is 3. The lowest BCUT2D eigenvalue weighted by atomic mass is 9.65. The van der Waals surface area contributed by atoms with Crippen molar-refractivity contribution in [2.75, 3.05) is 69.3 Å². The summed E-state index contributed by atoms with van der Waals surface area (Å²) in [6, 6.07) is 35.3. The Labute approximate surface area is 393 Å². The van der Waals surface area contributed by atoms with Crippen molar-refractivity contribution in [2.24, 2.45) is 11.8 Å². The number of benzene rings is 5. The van der Waals surface area contributed by atoms with Crippen LogP contribution in [0.3, 0.4) is 0 Å². The highest BCUT2D eigenvalue weighted by molar-refractivity contribution is 6.13. The van der Waals surface area contributed by atoms with Gasteiger partial charge >= 0.3 is 17.9 Å². The SMILES string of the molecule is COC(=O)C(CC#Cc1ccc2c(c1)[C@]1(C(=O)N2)[C@H](c2ccccc2OCCO)N2[C@H](c3ccccc3)[C@H](c3ccccc3)OC(=O)[C@H]2[C@@H]1C(=O)Nc1ccc(N2CCOCC2)cc1)C(=O)OC. The van der Waals surface area contributed by atoms with Crippen molar-refractivity contribution in [2.45, 2.75) is 36.1 Å². The Morgan fingerprint density at radius 3 is 2.18 bits per heavy atom. The number of carbonyl (C=O) groups is 5. The van der Waals surface area contributed by atoms with Crippen molar-refractivity contribution in [3.05, 3.63) is 155 Å². The van der Waals surface area contributed by atoms with Crippen LogP contribution in [-0.4, -0.2) is 99.5 Å². The van der Waals surface area contributed by atoms with Gasteiger partial charge in [0.1, 0.15) is 29.9 Å². The molecule has 3 fully saturated rings. The Morgan fingerprint density at radius 2 is 1.50 bits per heavy atom. The molecule has 5 aromatic carbocycles. The third kappa shape index (κ3) is 8.31. The summed E-state index contributed by atoms with van der Waals surface area (Å²) < 4.78 is 28.0. The van der Waals surface area contributed by atoms with Crippen molar-refractivity contribution < 1.29 is 52.8 Å². The average molecular weight is 919 g/mol. The van der Waals surface area contributed by atoms with Crippen LogP contribution in [0.25, 0.3) is 0 Å². The van der Waals surface area contributed by atoms with Crippen LogP contribution in [0.15, 0.2) is 127 Å². The van der Waals surface area contributed by atoms with Gasteiger partial charge < -0.3 is 44.3 Å². The lowest BCUT2D eigenvalue weighted by Gasteiger charge is -2.46. The number of carbonyl (C=O) groups excluding carboxylic acids is 5. The molecule has 0 aliphatic carbocycles. The Hall–Kier alpha value is -7.51. The first-order valence-electron chi connectivity index (χ1n) is 22.4. The molecule has 4 aliphatic heterocycles. The maximum Gasteiger partial charge on any atom is 0.324 e. The smallest absolute Gasteiger partial charge is 0.324 e. The van der Waals surface area contributed by atoms with Crippen LogP contribution in [0.2, 0.25) is 0 Å². The highest BCUT2D eigenvalue weighted by Crippen LogP contribution is 2.65. The molecule has 2 amide bonds. The Kier molecular flexibility index (Phi) is 13.3. The molecule has 0 aromatic heterocycles.